The number of thiophene rings is 1. The molecule has 0 aliphatic rings. The summed E-state index contributed by atoms with van der Waals surface area (Å²) in [6.07, 6.45) is 0. The monoisotopic (exact) mass is 394 g/mol. The highest BCUT2D eigenvalue weighted by atomic mass is 32.1. The topological polar surface area (TPSA) is 81.4 Å². The van der Waals surface area contributed by atoms with Gasteiger partial charge in [0.25, 0.3) is 11.8 Å². The van der Waals surface area contributed by atoms with E-state index in [0.717, 1.165) is 21.6 Å². The molecule has 2 amide bonds. The average Bonchev–Trinajstić information content (AvgIpc) is 3.19. The molecule has 2 aromatic carbocycles. The number of carbonyl (C=O) groups excluding carboxylic acids is 2. The van der Waals surface area contributed by atoms with E-state index in [1.54, 1.807) is 29.5 Å². The molecule has 6 heteroatoms. The largest absolute Gasteiger partial charge is 0.483 e. The van der Waals surface area contributed by atoms with Crippen LogP contribution >= 0.6 is 11.3 Å². The zero-order chi connectivity index (χ0) is 20.1. The molecule has 0 saturated carbocycles. The van der Waals surface area contributed by atoms with Crippen LogP contribution in [-0.4, -0.2) is 18.4 Å². The van der Waals surface area contributed by atoms with Crippen molar-refractivity contribution in [1.82, 2.24) is 5.32 Å². The molecule has 1 unspecified atom stereocenters. The van der Waals surface area contributed by atoms with Gasteiger partial charge >= 0.3 is 0 Å². The average molecular weight is 394 g/mol. The SMILES string of the molecule is Cc1ccc(C(NC(=O)COc2cc(C)ccc2C(N)=O)c2cccs2)cc1. The Morgan fingerprint density at radius 1 is 1.07 bits per heavy atom. The molecule has 0 aliphatic carbocycles. The smallest absolute Gasteiger partial charge is 0.258 e. The number of amides is 2. The fraction of sp³-hybridized carbons (Fsp3) is 0.182. The molecular formula is C22H22N2O3S. The predicted molar refractivity (Wildman–Crippen MR) is 111 cm³/mol. The van der Waals surface area contributed by atoms with E-state index in [1.807, 2.05) is 55.6 Å². The summed E-state index contributed by atoms with van der Waals surface area (Å²) in [4.78, 5) is 25.2. The van der Waals surface area contributed by atoms with Crippen LogP contribution < -0.4 is 15.8 Å². The summed E-state index contributed by atoms with van der Waals surface area (Å²) < 4.78 is 5.60. The normalized spacial score (nSPS) is 11.6. The number of primary amides is 1. The highest BCUT2D eigenvalue weighted by Gasteiger charge is 2.19. The molecule has 28 heavy (non-hydrogen) atoms. The van der Waals surface area contributed by atoms with E-state index in [9.17, 15) is 9.59 Å². The number of hydrogen-bond donors (Lipinski definition) is 2. The lowest BCUT2D eigenvalue weighted by atomic mass is 10.0. The van der Waals surface area contributed by atoms with Crippen molar-refractivity contribution in [3.63, 3.8) is 0 Å². The van der Waals surface area contributed by atoms with Gasteiger partial charge in [-0.25, -0.2) is 0 Å². The Labute approximate surface area is 168 Å². The number of aryl methyl sites for hydroxylation is 2. The second-order valence-corrected chi connectivity index (χ2v) is 7.56. The van der Waals surface area contributed by atoms with E-state index >= 15 is 0 Å². The Bertz CT molecular complexity index is 966. The number of ether oxygens (including phenoxy) is 1. The Morgan fingerprint density at radius 2 is 1.79 bits per heavy atom. The number of rotatable bonds is 7. The second kappa shape index (κ2) is 8.71. The molecule has 1 atom stereocenters. The lowest BCUT2D eigenvalue weighted by molar-refractivity contribution is -0.123. The second-order valence-electron chi connectivity index (χ2n) is 6.58. The minimum Gasteiger partial charge on any atom is -0.483 e. The van der Waals surface area contributed by atoms with Crippen LogP contribution in [0, 0.1) is 13.8 Å². The van der Waals surface area contributed by atoms with Gasteiger partial charge in [-0.3, -0.25) is 9.59 Å². The minimum absolute atomic E-state index is 0.211. The van der Waals surface area contributed by atoms with Gasteiger partial charge in [0, 0.05) is 4.88 Å². The molecule has 0 saturated heterocycles. The number of nitrogens with two attached hydrogens (primary N) is 1. The van der Waals surface area contributed by atoms with Crippen molar-refractivity contribution in [1.29, 1.82) is 0 Å². The molecule has 1 aromatic heterocycles. The lowest BCUT2D eigenvalue weighted by Gasteiger charge is -2.19. The minimum atomic E-state index is -0.591. The number of benzene rings is 2. The summed E-state index contributed by atoms with van der Waals surface area (Å²) in [7, 11) is 0. The van der Waals surface area contributed by atoms with Crippen molar-refractivity contribution < 1.29 is 14.3 Å². The Morgan fingerprint density at radius 3 is 2.43 bits per heavy atom. The molecule has 3 rings (SSSR count). The van der Waals surface area contributed by atoms with E-state index in [4.69, 9.17) is 10.5 Å². The highest BCUT2D eigenvalue weighted by molar-refractivity contribution is 7.10. The van der Waals surface area contributed by atoms with Gasteiger partial charge in [0.15, 0.2) is 6.61 Å². The van der Waals surface area contributed by atoms with Gasteiger partial charge < -0.3 is 15.8 Å². The first-order valence-electron chi connectivity index (χ1n) is 8.86. The molecule has 0 spiro atoms. The fourth-order valence-corrected chi connectivity index (χ4v) is 3.63. The van der Waals surface area contributed by atoms with Gasteiger partial charge in [0.1, 0.15) is 5.75 Å². The summed E-state index contributed by atoms with van der Waals surface area (Å²) >= 11 is 1.58. The molecule has 0 aliphatic heterocycles. The molecule has 3 N–H and O–H groups in total. The summed E-state index contributed by atoms with van der Waals surface area (Å²) in [5.41, 5.74) is 8.71. The van der Waals surface area contributed by atoms with E-state index < -0.39 is 5.91 Å². The molecule has 5 nitrogen and oxygen atoms in total. The Balaban J connectivity index is 1.74. The van der Waals surface area contributed by atoms with Crippen LogP contribution in [0.4, 0.5) is 0 Å². The molecule has 0 bridgehead atoms. The van der Waals surface area contributed by atoms with Gasteiger partial charge in [-0.1, -0.05) is 42.0 Å². The van der Waals surface area contributed by atoms with Crippen LogP contribution in [0.15, 0.2) is 60.0 Å². The molecule has 1 heterocycles. The summed E-state index contributed by atoms with van der Waals surface area (Å²) in [5.74, 6) is -0.562. The van der Waals surface area contributed by atoms with E-state index in [0.29, 0.717) is 5.75 Å². The zero-order valence-corrected chi connectivity index (χ0v) is 16.6. The quantitative estimate of drug-likeness (QED) is 0.640. The van der Waals surface area contributed by atoms with Gasteiger partial charge in [0.05, 0.1) is 11.6 Å². The van der Waals surface area contributed by atoms with Crippen LogP contribution in [0.25, 0.3) is 0 Å². The van der Waals surface area contributed by atoms with Crippen molar-refractivity contribution >= 4 is 23.2 Å². The third kappa shape index (κ3) is 4.78. The van der Waals surface area contributed by atoms with E-state index in [1.165, 1.54) is 0 Å². The highest BCUT2D eigenvalue weighted by Crippen LogP contribution is 2.26. The first-order valence-corrected chi connectivity index (χ1v) is 9.74. The lowest BCUT2D eigenvalue weighted by Crippen LogP contribution is -2.33. The van der Waals surface area contributed by atoms with Crippen molar-refractivity contribution in [3.8, 4) is 5.75 Å². The van der Waals surface area contributed by atoms with Crippen molar-refractivity contribution in [3.05, 3.63) is 87.1 Å². The van der Waals surface area contributed by atoms with Crippen LogP contribution in [-0.2, 0) is 4.79 Å². The Hall–Kier alpha value is -3.12. The molecule has 0 fully saturated rings. The standard InChI is InChI=1S/C22H22N2O3S/c1-14-5-8-16(9-6-14)21(19-4-3-11-28-19)24-20(25)13-27-18-12-15(2)7-10-17(18)22(23)26/h3-12,21H,13H2,1-2H3,(H2,23,26)(H,24,25). The molecule has 144 valence electrons. The molecule has 3 aromatic rings. The van der Waals surface area contributed by atoms with Gasteiger partial charge in [0.2, 0.25) is 0 Å². The van der Waals surface area contributed by atoms with Crippen LogP contribution in [0.1, 0.15) is 38.0 Å². The van der Waals surface area contributed by atoms with Crippen molar-refractivity contribution in [2.45, 2.75) is 19.9 Å². The summed E-state index contributed by atoms with van der Waals surface area (Å²) in [6.45, 7) is 3.69. The number of hydrogen-bond acceptors (Lipinski definition) is 4. The third-order valence-electron chi connectivity index (χ3n) is 4.31. The maximum atomic E-state index is 12.6. The Kier molecular flexibility index (Phi) is 6.11. The zero-order valence-electron chi connectivity index (χ0n) is 15.8. The summed E-state index contributed by atoms with van der Waals surface area (Å²) in [6, 6.07) is 16.8. The number of nitrogens with one attached hydrogen (secondary N) is 1. The summed E-state index contributed by atoms with van der Waals surface area (Å²) in [5, 5.41) is 5.00. The van der Waals surface area contributed by atoms with E-state index in [2.05, 4.69) is 5.32 Å². The molecule has 0 radical (unpaired) electrons. The fourth-order valence-electron chi connectivity index (χ4n) is 2.83. The van der Waals surface area contributed by atoms with Crippen LogP contribution in [0.2, 0.25) is 0 Å². The van der Waals surface area contributed by atoms with Crippen LogP contribution in [0.3, 0.4) is 0 Å². The number of carbonyl (C=O) groups is 2. The van der Waals surface area contributed by atoms with Crippen LogP contribution in [0.5, 0.6) is 5.75 Å². The van der Waals surface area contributed by atoms with Gasteiger partial charge in [-0.15, -0.1) is 11.3 Å². The maximum absolute atomic E-state index is 12.6. The van der Waals surface area contributed by atoms with Crippen molar-refractivity contribution in [2.24, 2.45) is 5.73 Å². The van der Waals surface area contributed by atoms with Crippen molar-refractivity contribution in [2.75, 3.05) is 6.61 Å². The first-order chi connectivity index (χ1) is 13.4. The predicted octanol–water partition coefficient (Wildman–Crippen LogP) is 3.75. The maximum Gasteiger partial charge on any atom is 0.258 e. The van der Waals surface area contributed by atoms with Gasteiger partial charge in [-0.05, 0) is 48.6 Å². The first kappa shape index (κ1) is 19.6. The third-order valence-corrected chi connectivity index (χ3v) is 5.24. The van der Waals surface area contributed by atoms with Gasteiger partial charge in [-0.2, -0.15) is 0 Å². The van der Waals surface area contributed by atoms with E-state index in [-0.39, 0.29) is 24.1 Å². The molecular weight excluding hydrogens is 372 g/mol.